The van der Waals surface area contributed by atoms with Crippen LogP contribution in [0.1, 0.15) is 18.4 Å². The Labute approximate surface area is 110 Å². The fourth-order valence-electron chi connectivity index (χ4n) is 1.84. The number of ether oxygens (including phenoxy) is 1. The summed E-state index contributed by atoms with van der Waals surface area (Å²) in [4.78, 5) is 0.997. The zero-order chi connectivity index (χ0) is 12.3. The van der Waals surface area contributed by atoms with Crippen LogP contribution in [0.15, 0.2) is 23.1 Å². The lowest BCUT2D eigenvalue weighted by Gasteiger charge is -2.22. The predicted molar refractivity (Wildman–Crippen MR) is 72.2 cm³/mol. The quantitative estimate of drug-likeness (QED) is 0.656. The molecule has 0 unspecified atom stereocenters. The van der Waals surface area contributed by atoms with Crippen LogP contribution in [-0.4, -0.2) is 24.3 Å². The van der Waals surface area contributed by atoms with Crippen molar-refractivity contribution in [3.8, 4) is 0 Å². The highest BCUT2D eigenvalue weighted by atomic mass is 35.5. The predicted octanol–water partition coefficient (Wildman–Crippen LogP) is 2.90. The van der Waals surface area contributed by atoms with Crippen molar-refractivity contribution in [2.45, 2.75) is 23.0 Å². The summed E-state index contributed by atoms with van der Waals surface area (Å²) >= 11 is 7.83. The number of thioether (sulfide) groups is 1. The van der Waals surface area contributed by atoms with Crippen molar-refractivity contribution in [3.63, 3.8) is 0 Å². The van der Waals surface area contributed by atoms with Crippen molar-refractivity contribution >= 4 is 29.2 Å². The molecule has 0 aromatic heterocycles. The highest BCUT2D eigenvalue weighted by Gasteiger charge is 2.18. The lowest BCUT2D eigenvalue weighted by atomic mass is 10.2. The molecule has 1 aromatic rings. The number of hydrogen-bond acceptors (Lipinski definition) is 3. The molecule has 92 valence electrons. The van der Waals surface area contributed by atoms with Gasteiger partial charge in [-0.05, 0) is 25.0 Å². The monoisotopic (exact) mass is 270 g/mol. The number of amidine groups is 1. The van der Waals surface area contributed by atoms with Crippen molar-refractivity contribution in [2.75, 3.05) is 13.2 Å². The van der Waals surface area contributed by atoms with E-state index >= 15 is 0 Å². The van der Waals surface area contributed by atoms with E-state index < -0.39 is 0 Å². The third kappa shape index (κ3) is 3.15. The van der Waals surface area contributed by atoms with E-state index in [0.717, 1.165) is 31.0 Å². The van der Waals surface area contributed by atoms with Crippen molar-refractivity contribution in [1.82, 2.24) is 0 Å². The van der Waals surface area contributed by atoms with Gasteiger partial charge in [0.25, 0.3) is 0 Å². The maximum Gasteiger partial charge on any atom is 0.125 e. The van der Waals surface area contributed by atoms with Gasteiger partial charge in [0.15, 0.2) is 0 Å². The summed E-state index contributed by atoms with van der Waals surface area (Å²) in [7, 11) is 0. The van der Waals surface area contributed by atoms with Crippen LogP contribution in [0, 0.1) is 5.41 Å². The normalized spacial score (nSPS) is 17.0. The third-order valence-corrected chi connectivity index (χ3v) is 4.42. The third-order valence-electron chi connectivity index (χ3n) is 2.71. The standard InChI is InChI=1S/C12H15ClN2OS/c13-9-2-1-3-10(11(9)12(14)15)17-8-4-6-16-7-5-8/h1-3,8H,4-7H2,(H3,14,15). The van der Waals surface area contributed by atoms with E-state index in [4.69, 9.17) is 27.5 Å². The minimum absolute atomic E-state index is 0.0326. The van der Waals surface area contributed by atoms with E-state index in [-0.39, 0.29) is 5.84 Å². The molecule has 1 heterocycles. The van der Waals surface area contributed by atoms with Crippen molar-refractivity contribution in [3.05, 3.63) is 28.8 Å². The van der Waals surface area contributed by atoms with Gasteiger partial charge in [0.1, 0.15) is 5.84 Å². The molecule has 0 saturated carbocycles. The van der Waals surface area contributed by atoms with Gasteiger partial charge in [-0.3, -0.25) is 5.41 Å². The van der Waals surface area contributed by atoms with Crippen LogP contribution in [0.25, 0.3) is 0 Å². The fourth-order valence-corrected chi connectivity index (χ4v) is 3.45. The Bertz CT molecular complexity index is 419. The first kappa shape index (κ1) is 12.7. The summed E-state index contributed by atoms with van der Waals surface area (Å²) in [6.07, 6.45) is 2.07. The Kier molecular flexibility index (Phi) is 4.31. The second-order valence-electron chi connectivity index (χ2n) is 3.96. The molecule has 0 spiro atoms. The van der Waals surface area contributed by atoms with E-state index in [0.29, 0.717) is 15.8 Å². The Morgan fingerprint density at radius 2 is 2.12 bits per heavy atom. The van der Waals surface area contributed by atoms with E-state index in [9.17, 15) is 0 Å². The van der Waals surface area contributed by atoms with Gasteiger partial charge >= 0.3 is 0 Å². The summed E-state index contributed by atoms with van der Waals surface area (Å²) in [6.45, 7) is 1.63. The first-order valence-electron chi connectivity index (χ1n) is 5.56. The van der Waals surface area contributed by atoms with Crippen LogP contribution < -0.4 is 5.73 Å². The van der Waals surface area contributed by atoms with Crippen LogP contribution in [0.3, 0.4) is 0 Å². The van der Waals surface area contributed by atoms with E-state index in [1.807, 2.05) is 12.1 Å². The molecule has 0 radical (unpaired) electrons. The molecular weight excluding hydrogens is 256 g/mol. The Morgan fingerprint density at radius 3 is 2.76 bits per heavy atom. The van der Waals surface area contributed by atoms with Gasteiger partial charge in [0.05, 0.1) is 5.02 Å². The number of nitrogens with two attached hydrogens (primary N) is 1. The maximum atomic E-state index is 7.59. The summed E-state index contributed by atoms with van der Waals surface area (Å²) in [5.41, 5.74) is 6.24. The molecule has 0 atom stereocenters. The smallest absolute Gasteiger partial charge is 0.125 e. The van der Waals surface area contributed by atoms with Crippen molar-refractivity contribution < 1.29 is 4.74 Å². The topological polar surface area (TPSA) is 59.1 Å². The Hall–Kier alpha value is -0.710. The number of nitrogen functional groups attached to an aromatic ring is 1. The molecule has 5 heteroatoms. The van der Waals surface area contributed by atoms with Crippen LogP contribution in [0.4, 0.5) is 0 Å². The molecular formula is C12H15ClN2OS. The fraction of sp³-hybridized carbons (Fsp3) is 0.417. The summed E-state index contributed by atoms with van der Waals surface area (Å²) < 4.78 is 5.33. The molecule has 0 bridgehead atoms. The highest BCUT2D eigenvalue weighted by Crippen LogP contribution is 2.34. The SMILES string of the molecule is N=C(N)c1c(Cl)cccc1SC1CCOCC1. The molecule has 0 amide bonds. The van der Waals surface area contributed by atoms with Gasteiger partial charge in [-0.1, -0.05) is 17.7 Å². The van der Waals surface area contributed by atoms with Gasteiger partial charge < -0.3 is 10.5 Å². The van der Waals surface area contributed by atoms with Crippen molar-refractivity contribution in [2.24, 2.45) is 5.73 Å². The van der Waals surface area contributed by atoms with Crippen LogP contribution in [0.5, 0.6) is 0 Å². The van der Waals surface area contributed by atoms with Gasteiger partial charge in [-0.25, -0.2) is 0 Å². The molecule has 1 aliphatic heterocycles. The van der Waals surface area contributed by atoms with Gasteiger partial charge in [-0.15, -0.1) is 11.8 Å². The maximum absolute atomic E-state index is 7.59. The average Bonchev–Trinajstić information content (AvgIpc) is 2.30. The Balaban J connectivity index is 2.19. The lowest BCUT2D eigenvalue weighted by molar-refractivity contribution is 0.100. The van der Waals surface area contributed by atoms with Crippen LogP contribution in [0.2, 0.25) is 5.02 Å². The number of nitrogens with one attached hydrogen (secondary N) is 1. The highest BCUT2D eigenvalue weighted by molar-refractivity contribution is 8.00. The molecule has 3 N–H and O–H groups in total. The zero-order valence-electron chi connectivity index (χ0n) is 9.41. The molecule has 3 nitrogen and oxygen atoms in total. The van der Waals surface area contributed by atoms with Gasteiger partial charge in [0.2, 0.25) is 0 Å². The van der Waals surface area contributed by atoms with E-state index in [2.05, 4.69) is 0 Å². The zero-order valence-corrected chi connectivity index (χ0v) is 11.0. The average molecular weight is 271 g/mol. The molecule has 1 aliphatic rings. The first-order valence-corrected chi connectivity index (χ1v) is 6.81. The molecule has 1 fully saturated rings. The van der Waals surface area contributed by atoms with Crippen LogP contribution >= 0.6 is 23.4 Å². The number of benzene rings is 1. The largest absolute Gasteiger partial charge is 0.384 e. The molecule has 2 rings (SSSR count). The molecule has 0 aliphatic carbocycles. The summed E-state index contributed by atoms with van der Waals surface area (Å²) in [5.74, 6) is 0.0326. The minimum Gasteiger partial charge on any atom is -0.384 e. The number of rotatable bonds is 3. The molecule has 1 saturated heterocycles. The second-order valence-corrected chi connectivity index (χ2v) is 5.71. The minimum atomic E-state index is 0.0326. The first-order chi connectivity index (χ1) is 8.18. The molecule has 17 heavy (non-hydrogen) atoms. The summed E-state index contributed by atoms with van der Waals surface area (Å²) in [6, 6.07) is 5.64. The number of hydrogen-bond donors (Lipinski definition) is 2. The van der Waals surface area contributed by atoms with Gasteiger partial charge in [-0.2, -0.15) is 0 Å². The van der Waals surface area contributed by atoms with Gasteiger partial charge in [0, 0.05) is 28.9 Å². The summed E-state index contributed by atoms with van der Waals surface area (Å²) in [5, 5.41) is 8.67. The van der Waals surface area contributed by atoms with Crippen molar-refractivity contribution in [1.29, 1.82) is 5.41 Å². The molecule has 1 aromatic carbocycles. The number of halogens is 1. The van der Waals surface area contributed by atoms with E-state index in [1.165, 1.54) is 0 Å². The Morgan fingerprint density at radius 1 is 1.41 bits per heavy atom. The lowest BCUT2D eigenvalue weighted by Crippen LogP contribution is -2.19. The van der Waals surface area contributed by atoms with Crippen LogP contribution in [-0.2, 0) is 4.74 Å². The van der Waals surface area contributed by atoms with E-state index in [1.54, 1.807) is 17.8 Å². The second kappa shape index (κ2) is 5.76.